The molecule has 0 radical (unpaired) electrons. The van der Waals surface area contributed by atoms with Crippen molar-refractivity contribution in [3.63, 3.8) is 0 Å². The SMILES string of the molecule is CNCCC(=O)N1CCSc2cccc(F)c21. The number of nitrogens with one attached hydrogen (secondary N) is 1. The van der Waals surface area contributed by atoms with Gasteiger partial charge in [-0.3, -0.25) is 4.79 Å². The van der Waals surface area contributed by atoms with Crippen LogP contribution in [0.15, 0.2) is 23.1 Å². The number of hydrogen-bond donors (Lipinski definition) is 1. The molecule has 0 fully saturated rings. The van der Waals surface area contributed by atoms with E-state index in [2.05, 4.69) is 5.32 Å². The van der Waals surface area contributed by atoms with Crippen molar-refractivity contribution in [3.8, 4) is 0 Å². The summed E-state index contributed by atoms with van der Waals surface area (Å²) in [6, 6.07) is 4.95. The second kappa shape index (κ2) is 5.51. The van der Waals surface area contributed by atoms with Gasteiger partial charge in [0, 0.05) is 30.2 Å². The van der Waals surface area contributed by atoms with Crippen LogP contribution in [0.5, 0.6) is 0 Å². The van der Waals surface area contributed by atoms with Crippen LogP contribution in [0, 0.1) is 5.82 Å². The van der Waals surface area contributed by atoms with Gasteiger partial charge in [0.05, 0.1) is 5.69 Å². The Bertz CT molecular complexity index is 425. The molecule has 1 aromatic rings. The number of fused-ring (bicyclic) bond motifs is 1. The van der Waals surface area contributed by atoms with Gasteiger partial charge in [-0.05, 0) is 19.2 Å². The number of amides is 1. The minimum absolute atomic E-state index is 0.0222. The highest BCUT2D eigenvalue weighted by molar-refractivity contribution is 7.99. The fraction of sp³-hybridized carbons (Fsp3) is 0.417. The first-order chi connectivity index (χ1) is 8.24. The van der Waals surface area contributed by atoms with Gasteiger partial charge >= 0.3 is 0 Å². The van der Waals surface area contributed by atoms with E-state index in [-0.39, 0.29) is 11.7 Å². The summed E-state index contributed by atoms with van der Waals surface area (Å²) in [7, 11) is 1.80. The zero-order valence-corrected chi connectivity index (χ0v) is 10.5. The molecule has 0 spiro atoms. The summed E-state index contributed by atoms with van der Waals surface area (Å²) in [5, 5.41) is 2.93. The number of nitrogens with zero attached hydrogens (tertiary/aromatic N) is 1. The van der Waals surface area contributed by atoms with Crippen molar-refractivity contribution in [3.05, 3.63) is 24.0 Å². The number of halogens is 1. The number of rotatable bonds is 3. The van der Waals surface area contributed by atoms with Gasteiger partial charge in [-0.1, -0.05) is 6.07 Å². The molecule has 1 aliphatic heterocycles. The van der Waals surface area contributed by atoms with Crippen molar-refractivity contribution in [2.24, 2.45) is 0 Å². The van der Waals surface area contributed by atoms with Crippen molar-refractivity contribution >= 4 is 23.4 Å². The van der Waals surface area contributed by atoms with Crippen molar-refractivity contribution in [1.29, 1.82) is 0 Å². The average Bonchev–Trinajstić information content (AvgIpc) is 2.35. The molecule has 0 saturated heterocycles. The predicted molar refractivity (Wildman–Crippen MR) is 68.0 cm³/mol. The van der Waals surface area contributed by atoms with Crippen LogP contribution in [0.4, 0.5) is 10.1 Å². The molecule has 1 aliphatic rings. The Balaban J connectivity index is 2.25. The van der Waals surface area contributed by atoms with Gasteiger partial charge in [0.2, 0.25) is 5.91 Å². The third kappa shape index (κ3) is 2.61. The largest absolute Gasteiger partial charge is 0.319 e. The van der Waals surface area contributed by atoms with Crippen LogP contribution in [0.1, 0.15) is 6.42 Å². The molecular weight excluding hydrogens is 239 g/mol. The molecule has 0 atom stereocenters. The smallest absolute Gasteiger partial charge is 0.228 e. The number of thioether (sulfide) groups is 1. The zero-order chi connectivity index (χ0) is 12.3. The summed E-state index contributed by atoms with van der Waals surface area (Å²) < 4.78 is 13.8. The van der Waals surface area contributed by atoms with Crippen LogP contribution >= 0.6 is 11.8 Å². The Kier molecular flexibility index (Phi) is 4.02. The Morgan fingerprint density at radius 2 is 2.41 bits per heavy atom. The number of anilines is 1. The van der Waals surface area contributed by atoms with Gasteiger partial charge in [0.1, 0.15) is 5.82 Å². The van der Waals surface area contributed by atoms with E-state index in [1.165, 1.54) is 6.07 Å². The van der Waals surface area contributed by atoms with E-state index in [9.17, 15) is 9.18 Å². The highest BCUT2D eigenvalue weighted by Gasteiger charge is 2.25. The number of hydrogen-bond acceptors (Lipinski definition) is 3. The van der Waals surface area contributed by atoms with E-state index < -0.39 is 0 Å². The molecule has 92 valence electrons. The van der Waals surface area contributed by atoms with Gasteiger partial charge < -0.3 is 10.2 Å². The summed E-state index contributed by atoms with van der Waals surface area (Å²) in [6.07, 6.45) is 0.398. The summed E-state index contributed by atoms with van der Waals surface area (Å²) >= 11 is 1.60. The first kappa shape index (κ1) is 12.4. The Labute approximate surface area is 104 Å². The molecule has 17 heavy (non-hydrogen) atoms. The molecule has 1 N–H and O–H groups in total. The maximum atomic E-state index is 13.8. The number of carbonyl (C=O) groups excluding carboxylic acids is 1. The summed E-state index contributed by atoms with van der Waals surface area (Å²) in [5.41, 5.74) is 0.449. The molecule has 1 heterocycles. The third-order valence-corrected chi connectivity index (χ3v) is 3.71. The lowest BCUT2D eigenvalue weighted by Gasteiger charge is -2.29. The average molecular weight is 254 g/mol. The predicted octanol–water partition coefficient (Wildman–Crippen LogP) is 1.87. The van der Waals surface area contributed by atoms with Gasteiger partial charge in [-0.2, -0.15) is 0 Å². The maximum Gasteiger partial charge on any atom is 0.228 e. The zero-order valence-electron chi connectivity index (χ0n) is 9.70. The normalized spacial score (nSPS) is 14.6. The number of carbonyl (C=O) groups is 1. The highest BCUT2D eigenvalue weighted by atomic mass is 32.2. The quantitative estimate of drug-likeness (QED) is 0.894. The molecule has 3 nitrogen and oxygen atoms in total. The highest BCUT2D eigenvalue weighted by Crippen LogP contribution is 2.36. The molecular formula is C12H15FN2OS. The third-order valence-electron chi connectivity index (χ3n) is 2.68. The van der Waals surface area contributed by atoms with Crippen LogP contribution < -0.4 is 10.2 Å². The Morgan fingerprint density at radius 1 is 1.59 bits per heavy atom. The van der Waals surface area contributed by atoms with Crippen LogP contribution in [-0.4, -0.2) is 31.8 Å². The lowest BCUT2D eigenvalue weighted by molar-refractivity contribution is -0.118. The lowest BCUT2D eigenvalue weighted by Crippen LogP contribution is -2.37. The van der Waals surface area contributed by atoms with Crippen molar-refractivity contribution in [1.82, 2.24) is 5.32 Å². The molecule has 0 aliphatic carbocycles. The Morgan fingerprint density at radius 3 is 3.18 bits per heavy atom. The second-order valence-corrected chi connectivity index (χ2v) is 4.97. The van der Waals surface area contributed by atoms with E-state index in [4.69, 9.17) is 0 Å². The van der Waals surface area contributed by atoms with E-state index in [1.807, 2.05) is 6.07 Å². The first-order valence-corrected chi connectivity index (χ1v) is 6.59. The number of benzene rings is 1. The van der Waals surface area contributed by atoms with Crippen LogP contribution in [0.2, 0.25) is 0 Å². The van der Waals surface area contributed by atoms with Crippen molar-refractivity contribution < 1.29 is 9.18 Å². The van der Waals surface area contributed by atoms with E-state index in [0.29, 0.717) is 25.2 Å². The van der Waals surface area contributed by atoms with Crippen LogP contribution in [0.25, 0.3) is 0 Å². The molecule has 0 saturated carbocycles. The van der Waals surface area contributed by atoms with E-state index >= 15 is 0 Å². The van der Waals surface area contributed by atoms with Gasteiger partial charge in [-0.25, -0.2) is 4.39 Å². The Hall–Kier alpha value is -1.07. The second-order valence-electron chi connectivity index (χ2n) is 3.83. The maximum absolute atomic E-state index is 13.8. The van der Waals surface area contributed by atoms with Crippen molar-refractivity contribution in [2.45, 2.75) is 11.3 Å². The standard InChI is InChI=1S/C12H15FN2OS/c1-14-6-5-11(16)15-7-8-17-10-4-2-3-9(13)12(10)15/h2-4,14H,5-8H2,1H3. The topological polar surface area (TPSA) is 32.3 Å². The monoisotopic (exact) mass is 254 g/mol. The molecule has 1 aromatic carbocycles. The molecule has 0 bridgehead atoms. The molecule has 0 unspecified atom stereocenters. The lowest BCUT2D eigenvalue weighted by atomic mass is 10.2. The van der Waals surface area contributed by atoms with Crippen molar-refractivity contribution in [2.75, 3.05) is 30.8 Å². The summed E-state index contributed by atoms with van der Waals surface area (Å²) in [4.78, 5) is 14.4. The van der Waals surface area contributed by atoms with Gasteiger partial charge in [-0.15, -0.1) is 11.8 Å². The van der Waals surface area contributed by atoms with Crippen LogP contribution in [-0.2, 0) is 4.79 Å². The number of para-hydroxylation sites is 1. The fourth-order valence-corrected chi connectivity index (χ4v) is 2.86. The molecule has 5 heteroatoms. The molecule has 1 amide bonds. The van der Waals surface area contributed by atoms with Gasteiger partial charge in [0.15, 0.2) is 0 Å². The van der Waals surface area contributed by atoms with E-state index in [0.717, 1.165) is 10.6 Å². The fourth-order valence-electron chi connectivity index (χ4n) is 1.85. The first-order valence-electron chi connectivity index (χ1n) is 5.60. The van der Waals surface area contributed by atoms with Crippen LogP contribution in [0.3, 0.4) is 0 Å². The minimum Gasteiger partial charge on any atom is -0.319 e. The minimum atomic E-state index is -0.312. The summed E-state index contributed by atoms with van der Waals surface area (Å²) in [6.45, 7) is 1.20. The van der Waals surface area contributed by atoms with E-state index in [1.54, 1.807) is 29.8 Å². The van der Waals surface area contributed by atoms with Gasteiger partial charge in [0.25, 0.3) is 0 Å². The molecule has 2 rings (SSSR count). The molecule has 0 aromatic heterocycles. The summed E-state index contributed by atoms with van der Waals surface area (Å²) in [5.74, 6) is 0.486.